The second-order valence-electron chi connectivity index (χ2n) is 10.3. The molecule has 182 valence electrons. The van der Waals surface area contributed by atoms with Crippen LogP contribution in [0.5, 0.6) is 0 Å². The molecule has 0 bridgehead atoms. The van der Waals surface area contributed by atoms with E-state index in [-0.39, 0.29) is 17.9 Å². The highest BCUT2D eigenvalue weighted by Crippen LogP contribution is 2.30. The van der Waals surface area contributed by atoms with Gasteiger partial charge in [0, 0.05) is 5.56 Å². The average Bonchev–Trinajstić information content (AvgIpc) is 3.11. The number of nitrogens with zero attached hydrogens (tertiary/aromatic N) is 1. The maximum absolute atomic E-state index is 13.2. The van der Waals surface area contributed by atoms with Crippen molar-refractivity contribution >= 4 is 5.97 Å². The summed E-state index contributed by atoms with van der Waals surface area (Å²) in [5.41, 5.74) is -0.0561. The minimum absolute atomic E-state index is 0.0994. The van der Waals surface area contributed by atoms with Crippen LogP contribution in [0.3, 0.4) is 0 Å². The molecular weight excluding hydrogens is 425 g/mol. The van der Waals surface area contributed by atoms with Crippen LogP contribution in [-0.4, -0.2) is 34.9 Å². The van der Waals surface area contributed by atoms with Gasteiger partial charge in [-0.05, 0) is 91.0 Å². The fraction of sp³-hybridized carbons (Fsp3) is 0.615. The maximum Gasteiger partial charge on any atom is 0.338 e. The summed E-state index contributed by atoms with van der Waals surface area (Å²) in [6.07, 6.45) is 4.04. The molecule has 7 heteroatoms. The number of rotatable bonds is 8. The molecule has 6 nitrogen and oxygen atoms in total. The maximum atomic E-state index is 13.2. The van der Waals surface area contributed by atoms with Gasteiger partial charge in [-0.1, -0.05) is 6.42 Å². The first kappa shape index (κ1) is 25.4. The number of carbonyl (C=O) groups is 1. The van der Waals surface area contributed by atoms with E-state index in [2.05, 4.69) is 4.98 Å². The lowest BCUT2D eigenvalue weighted by Gasteiger charge is -2.33. The molecule has 1 aliphatic rings. The van der Waals surface area contributed by atoms with Crippen molar-refractivity contribution in [3.05, 3.63) is 41.5 Å². The van der Waals surface area contributed by atoms with E-state index in [4.69, 9.17) is 18.6 Å². The zero-order valence-electron chi connectivity index (χ0n) is 20.6. The third-order valence-electron chi connectivity index (χ3n) is 5.74. The number of hydrogen-bond donors (Lipinski definition) is 0. The number of halogens is 1. The van der Waals surface area contributed by atoms with Crippen LogP contribution >= 0.6 is 0 Å². The Labute approximate surface area is 195 Å². The number of aromatic nitrogens is 1. The summed E-state index contributed by atoms with van der Waals surface area (Å²) in [5, 5.41) is 0. The first-order valence-electron chi connectivity index (χ1n) is 11.6. The Morgan fingerprint density at radius 3 is 2.52 bits per heavy atom. The second kappa shape index (κ2) is 10.3. The van der Waals surface area contributed by atoms with Crippen molar-refractivity contribution in [2.45, 2.75) is 91.1 Å². The van der Waals surface area contributed by atoms with Crippen LogP contribution in [0.1, 0.15) is 71.8 Å². The zero-order chi connectivity index (χ0) is 24.2. The van der Waals surface area contributed by atoms with E-state index < -0.39 is 11.2 Å². The van der Waals surface area contributed by atoms with Gasteiger partial charge >= 0.3 is 5.97 Å². The monoisotopic (exact) mass is 461 g/mol. The summed E-state index contributed by atoms with van der Waals surface area (Å²) in [6.45, 7) is 11.8. The van der Waals surface area contributed by atoms with Gasteiger partial charge in [-0.2, -0.15) is 0 Å². The summed E-state index contributed by atoms with van der Waals surface area (Å²) in [4.78, 5) is 17.0. The Bertz CT molecular complexity index is 929. The topological polar surface area (TPSA) is 70.8 Å². The third kappa shape index (κ3) is 7.37. The first-order chi connectivity index (χ1) is 15.4. The lowest BCUT2D eigenvalue weighted by molar-refractivity contribution is -0.181. The predicted octanol–water partition coefficient (Wildman–Crippen LogP) is 6.00. The number of ether oxygens (including phenoxy) is 3. The van der Waals surface area contributed by atoms with Gasteiger partial charge in [0.25, 0.3) is 0 Å². The van der Waals surface area contributed by atoms with Crippen molar-refractivity contribution in [1.82, 2.24) is 4.98 Å². The van der Waals surface area contributed by atoms with Crippen LogP contribution < -0.4 is 0 Å². The van der Waals surface area contributed by atoms with Crippen molar-refractivity contribution in [2.75, 3.05) is 6.61 Å². The second-order valence-corrected chi connectivity index (χ2v) is 10.3. The van der Waals surface area contributed by atoms with Crippen molar-refractivity contribution in [3.63, 3.8) is 0 Å². The van der Waals surface area contributed by atoms with Crippen LogP contribution in [0.25, 0.3) is 11.5 Å². The molecule has 0 saturated heterocycles. The molecule has 0 N–H and O–H groups in total. The summed E-state index contributed by atoms with van der Waals surface area (Å²) in [7, 11) is 0. The van der Waals surface area contributed by atoms with E-state index in [1.807, 2.05) is 27.7 Å². The Morgan fingerprint density at radius 2 is 1.85 bits per heavy atom. The highest BCUT2D eigenvalue weighted by Gasteiger charge is 2.35. The number of benzene rings is 1. The molecule has 0 unspecified atom stereocenters. The molecule has 1 aromatic carbocycles. The largest absolute Gasteiger partial charge is 0.458 e. The Balaban J connectivity index is 1.50. The number of aryl methyl sites for hydroxylation is 1. The van der Waals surface area contributed by atoms with Gasteiger partial charge in [-0.3, -0.25) is 0 Å². The van der Waals surface area contributed by atoms with Crippen LogP contribution in [0.4, 0.5) is 4.39 Å². The SMILES string of the molecule is Cc1oc(-c2ccc(F)cc2)nc1CO[C@@H]1CCC[C@H](COC(C)(C)C(=O)OC(C)(C)C)C1. The molecule has 1 fully saturated rings. The fourth-order valence-corrected chi connectivity index (χ4v) is 3.81. The molecule has 2 atom stereocenters. The smallest absolute Gasteiger partial charge is 0.338 e. The van der Waals surface area contributed by atoms with E-state index >= 15 is 0 Å². The summed E-state index contributed by atoms with van der Waals surface area (Å²) in [6, 6.07) is 6.07. The predicted molar refractivity (Wildman–Crippen MR) is 123 cm³/mol. The Morgan fingerprint density at radius 1 is 1.15 bits per heavy atom. The molecule has 0 aliphatic heterocycles. The van der Waals surface area contributed by atoms with E-state index in [1.165, 1.54) is 12.1 Å². The molecule has 1 aliphatic carbocycles. The molecule has 1 aromatic heterocycles. The molecule has 0 spiro atoms. The molecule has 1 saturated carbocycles. The lowest BCUT2D eigenvalue weighted by Crippen LogP contribution is -2.42. The number of oxazole rings is 1. The van der Waals surface area contributed by atoms with Crippen LogP contribution in [0.2, 0.25) is 0 Å². The number of esters is 1. The van der Waals surface area contributed by atoms with Gasteiger partial charge < -0.3 is 18.6 Å². The molecule has 3 rings (SSSR count). The molecule has 1 heterocycles. The fourth-order valence-electron chi connectivity index (χ4n) is 3.81. The van der Waals surface area contributed by atoms with Gasteiger partial charge in [-0.15, -0.1) is 0 Å². The summed E-state index contributed by atoms with van der Waals surface area (Å²) < 4.78 is 36.6. The molecule has 33 heavy (non-hydrogen) atoms. The summed E-state index contributed by atoms with van der Waals surface area (Å²) >= 11 is 0. The van der Waals surface area contributed by atoms with Gasteiger partial charge in [-0.25, -0.2) is 14.2 Å². The van der Waals surface area contributed by atoms with Gasteiger partial charge in [0.15, 0.2) is 5.60 Å². The minimum atomic E-state index is -0.990. The highest BCUT2D eigenvalue weighted by atomic mass is 19.1. The van der Waals surface area contributed by atoms with Crippen LogP contribution in [0.15, 0.2) is 28.7 Å². The highest BCUT2D eigenvalue weighted by molar-refractivity contribution is 5.78. The molecule has 0 radical (unpaired) electrons. The van der Waals surface area contributed by atoms with Crippen molar-refractivity contribution < 1.29 is 27.8 Å². The average molecular weight is 462 g/mol. The minimum Gasteiger partial charge on any atom is -0.458 e. The molecule has 2 aromatic rings. The van der Waals surface area contributed by atoms with Gasteiger partial charge in [0.1, 0.15) is 22.9 Å². The number of hydrogen-bond acceptors (Lipinski definition) is 6. The standard InChI is InChI=1S/C26H36FNO5/c1-17-22(28-23(32-17)19-10-12-20(27)13-11-19)16-30-21-9-7-8-18(14-21)15-31-26(5,6)24(29)33-25(2,3)4/h10-13,18,21H,7-9,14-16H2,1-6H3/t18-,21+/m0/s1. The quantitative estimate of drug-likeness (QED) is 0.449. The van der Waals surface area contributed by atoms with Crippen LogP contribution in [-0.2, 0) is 25.6 Å². The van der Waals surface area contributed by atoms with E-state index in [0.717, 1.165) is 36.9 Å². The Kier molecular flexibility index (Phi) is 7.96. The van der Waals surface area contributed by atoms with Gasteiger partial charge in [0.05, 0.1) is 19.3 Å². The van der Waals surface area contributed by atoms with Gasteiger partial charge in [0.2, 0.25) is 5.89 Å². The first-order valence-corrected chi connectivity index (χ1v) is 11.6. The number of carbonyl (C=O) groups excluding carboxylic acids is 1. The van der Waals surface area contributed by atoms with Crippen LogP contribution in [0, 0.1) is 18.7 Å². The third-order valence-corrected chi connectivity index (χ3v) is 5.74. The van der Waals surface area contributed by atoms with Crippen molar-refractivity contribution in [3.8, 4) is 11.5 Å². The molecule has 0 amide bonds. The normalized spacial score (nSPS) is 19.5. The van der Waals surface area contributed by atoms with E-state index in [9.17, 15) is 9.18 Å². The summed E-state index contributed by atoms with van der Waals surface area (Å²) in [5.74, 6) is 0.834. The molecular formula is C26H36FNO5. The zero-order valence-corrected chi connectivity index (χ0v) is 20.6. The lowest BCUT2D eigenvalue weighted by atomic mass is 9.87. The Hall–Kier alpha value is -2.25. The van der Waals surface area contributed by atoms with Crippen molar-refractivity contribution in [2.24, 2.45) is 5.92 Å². The van der Waals surface area contributed by atoms with E-state index in [0.29, 0.717) is 30.8 Å². The van der Waals surface area contributed by atoms with Crippen molar-refractivity contribution in [1.29, 1.82) is 0 Å². The van der Waals surface area contributed by atoms with E-state index in [1.54, 1.807) is 26.0 Å².